The molecule has 2 aromatic rings. The minimum Gasteiger partial charge on any atom is -0.497 e. The predicted octanol–water partition coefficient (Wildman–Crippen LogP) is 3.24. The molecule has 0 atom stereocenters. The number of methoxy groups -OCH3 is 1. The summed E-state index contributed by atoms with van der Waals surface area (Å²) in [6.07, 6.45) is 0. The topological polar surface area (TPSA) is 62.7 Å². The van der Waals surface area contributed by atoms with Crippen molar-refractivity contribution in [3.05, 3.63) is 60.2 Å². The summed E-state index contributed by atoms with van der Waals surface area (Å²) in [5.74, 6) is 0.746. The molecule has 0 saturated carbocycles. The zero-order valence-electron chi connectivity index (χ0n) is 12.0. The summed E-state index contributed by atoms with van der Waals surface area (Å²) in [7, 11) is 1.61. The molecule has 2 amide bonds. The predicted molar refractivity (Wildman–Crippen MR) is 83.8 cm³/mol. The molecular weight excluding hydrogens is 266 g/mol. The van der Waals surface area contributed by atoms with Gasteiger partial charge in [-0.3, -0.25) is 0 Å². The average molecular weight is 283 g/mol. The van der Waals surface area contributed by atoms with Gasteiger partial charge >= 0.3 is 6.03 Å². The van der Waals surface area contributed by atoms with E-state index in [4.69, 9.17) is 4.74 Å². The molecule has 0 aliphatic heterocycles. The third-order valence-corrected chi connectivity index (χ3v) is 2.84. The molecule has 0 radical (unpaired) electrons. The SMILES string of the molecule is COc1cccc(/C(C)=N\NC(=O)Nc2ccccc2)c1. The molecule has 108 valence electrons. The highest BCUT2D eigenvalue weighted by Crippen LogP contribution is 2.13. The van der Waals surface area contributed by atoms with Crippen LogP contribution in [-0.4, -0.2) is 18.9 Å². The summed E-state index contributed by atoms with van der Waals surface area (Å²) in [5.41, 5.74) is 4.75. The van der Waals surface area contributed by atoms with Gasteiger partial charge in [0.25, 0.3) is 0 Å². The fraction of sp³-hybridized carbons (Fsp3) is 0.125. The van der Waals surface area contributed by atoms with Crippen molar-refractivity contribution in [3.8, 4) is 5.75 Å². The Morgan fingerprint density at radius 2 is 1.86 bits per heavy atom. The van der Waals surface area contributed by atoms with Crippen LogP contribution in [0.1, 0.15) is 12.5 Å². The van der Waals surface area contributed by atoms with E-state index in [0.717, 1.165) is 11.3 Å². The number of hydrogen-bond acceptors (Lipinski definition) is 3. The molecule has 5 heteroatoms. The van der Waals surface area contributed by atoms with Crippen LogP contribution >= 0.6 is 0 Å². The Kier molecular flexibility index (Phi) is 4.93. The van der Waals surface area contributed by atoms with Crippen LogP contribution < -0.4 is 15.5 Å². The maximum Gasteiger partial charge on any atom is 0.339 e. The Hall–Kier alpha value is -2.82. The van der Waals surface area contributed by atoms with Gasteiger partial charge < -0.3 is 10.1 Å². The number of para-hydroxylation sites is 1. The second-order valence-corrected chi connectivity index (χ2v) is 4.36. The lowest BCUT2D eigenvalue weighted by atomic mass is 10.1. The molecule has 21 heavy (non-hydrogen) atoms. The number of hydrazone groups is 1. The van der Waals surface area contributed by atoms with Crippen molar-refractivity contribution in [2.75, 3.05) is 12.4 Å². The summed E-state index contributed by atoms with van der Waals surface area (Å²) in [4.78, 5) is 11.7. The zero-order valence-corrected chi connectivity index (χ0v) is 12.0. The monoisotopic (exact) mass is 283 g/mol. The van der Waals surface area contributed by atoms with E-state index in [-0.39, 0.29) is 6.03 Å². The zero-order chi connectivity index (χ0) is 15.1. The number of anilines is 1. The lowest BCUT2D eigenvalue weighted by Gasteiger charge is -2.06. The summed E-state index contributed by atoms with van der Waals surface area (Å²) in [5, 5.41) is 6.75. The van der Waals surface area contributed by atoms with E-state index in [9.17, 15) is 4.79 Å². The lowest BCUT2D eigenvalue weighted by molar-refractivity contribution is 0.252. The molecule has 0 fully saturated rings. The van der Waals surface area contributed by atoms with E-state index in [1.54, 1.807) is 19.2 Å². The first-order valence-corrected chi connectivity index (χ1v) is 6.50. The first kappa shape index (κ1) is 14.6. The van der Waals surface area contributed by atoms with Gasteiger partial charge in [0.1, 0.15) is 5.75 Å². The fourth-order valence-corrected chi connectivity index (χ4v) is 1.73. The second-order valence-electron chi connectivity index (χ2n) is 4.36. The maximum atomic E-state index is 11.7. The van der Waals surface area contributed by atoms with Crippen molar-refractivity contribution < 1.29 is 9.53 Å². The molecule has 0 bridgehead atoms. The highest BCUT2D eigenvalue weighted by Gasteiger charge is 2.02. The van der Waals surface area contributed by atoms with Crippen molar-refractivity contribution in [3.63, 3.8) is 0 Å². The van der Waals surface area contributed by atoms with Crippen LogP contribution in [0.3, 0.4) is 0 Å². The minimum atomic E-state index is -0.386. The Balaban J connectivity index is 1.98. The number of nitrogens with one attached hydrogen (secondary N) is 2. The molecule has 2 N–H and O–H groups in total. The van der Waals surface area contributed by atoms with Gasteiger partial charge in [-0.05, 0) is 31.2 Å². The van der Waals surface area contributed by atoms with Crippen LogP contribution in [-0.2, 0) is 0 Å². The quantitative estimate of drug-likeness (QED) is 0.668. The first-order chi connectivity index (χ1) is 10.2. The Morgan fingerprint density at radius 1 is 1.10 bits per heavy atom. The van der Waals surface area contributed by atoms with Crippen molar-refractivity contribution in [2.24, 2.45) is 5.10 Å². The number of amides is 2. The van der Waals surface area contributed by atoms with Crippen LogP contribution in [0.25, 0.3) is 0 Å². The van der Waals surface area contributed by atoms with Gasteiger partial charge in [-0.25, -0.2) is 10.2 Å². The fourth-order valence-electron chi connectivity index (χ4n) is 1.73. The largest absolute Gasteiger partial charge is 0.497 e. The highest BCUT2D eigenvalue weighted by atomic mass is 16.5. The molecule has 0 spiro atoms. The number of hydrogen-bond donors (Lipinski definition) is 2. The number of carbonyl (C=O) groups is 1. The Bertz CT molecular complexity index is 639. The van der Waals surface area contributed by atoms with E-state index >= 15 is 0 Å². The van der Waals surface area contributed by atoms with Crippen LogP contribution in [0.2, 0.25) is 0 Å². The number of urea groups is 1. The molecule has 0 aromatic heterocycles. The smallest absolute Gasteiger partial charge is 0.339 e. The van der Waals surface area contributed by atoms with Gasteiger partial charge in [0.2, 0.25) is 0 Å². The van der Waals surface area contributed by atoms with Gasteiger partial charge in [0, 0.05) is 11.3 Å². The van der Waals surface area contributed by atoms with Crippen LogP contribution in [0.15, 0.2) is 59.7 Å². The van der Waals surface area contributed by atoms with Crippen LogP contribution in [0, 0.1) is 0 Å². The molecule has 0 aliphatic carbocycles. The van der Waals surface area contributed by atoms with E-state index in [1.807, 2.05) is 49.4 Å². The van der Waals surface area contributed by atoms with E-state index in [2.05, 4.69) is 15.8 Å². The van der Waals surface area contributed by atoms with Crippen molar-refractivity contribution in [1.82, 2.24) is 5.43 Å². The van der Waals surface area contributed by atoms with Gasteiger partial charge in [0.15, 0.2) is 0 Å². The molecule has 2 aromatic carbocycles. The molecule has 5 nitrogen and oxygen atoms in total. The summed E-state index contributed by atoms with van der Waals surface area (Å²) in [6.45, 7) is 1.82. The van der Waals surface area contributed by atoms with Gasteiger partial charge in [-0.2, -0.15) is 5.10 Å². The summed E-state index contributed by atoms with van der Waals surface area (Å²) < 4.78 is 5.15. The van der Waals surface area contributed by atoms with Gasteiger partial charge in [-0.1, -0.05) is 30.3 Å². The summed E-state index contributed by atoms with van der Waals surface area (Å²) in [6, 6.07) is 16.3. The second kappa shape index (κ2) is 7.09. The van der Waals surface area contributed by atoms with E-state index in [1.165, 1.54) is 0 Å². The van der Waals surface area contributed by atoms with Crippen LogP contribution in [0.5, 0.6) is 5.75 Å². The van der Waals surface area contributed by atoms with Gasteiger partial charge in [-0.15, -0.1) is 0 Å². The summed E-state index contributed by atoms with van der Waals surface area (Å²) >= 11 is 0. The highest BCUT2D eigenvalue weighted by molar-refractivity contribution is 6.00. The molecule has 2 rings (SSSR count). The van der Waals surface area contributed by atoms with Gasteiger partial charge in [0.05, 0.1) is 12.8 Å². The minimum absolute atomic E-state index is 0.386. The number of benzene rings is 2. The normalized spacial score (nSPS) is 10.9. The number of ether oxygens (including phenoxy) is 1. The molecule has 0 unspecified atom stereocenters. The molecular formula is C16H17N3O2. The number of rotatable bonds is 4. The molecule has 0 heterocycles. The molecule has 0 aliphatic rings. The molecule has 0 saturated heterocycles. The van der Waals surface area contributed by atoms with Crippen LogP contribution in [0.4, 0.5) is 10.5 Å². The Labute approximate surface area is 123 Å². The third kappa shape index (κ3) is 4.35. The maximum absolute atomic E-state index is 11.7. The van der Waals surface area contributed by atoms with E-state index < -0.39 is 0 Å². The van der Waals surface area contributed by atoms with Crippen molar-refractivity contribution >= 4 is 17.4 Å². The number of nitrogens with zero attached hydrogens (tertiary/aromatic N) is 1. The Morgan fingerprint density at radius 3 is 2.57 bits per heavy atom. The first-order valence-electron chi connectivity index (χ1n) is 6.50. The number of carbonyl (C=O) groups excluding carboxylic acids is 1. The average Bonchev–Trinajstić information content (AvgIpc) is 2.53. The lowest BCUT2D eigenvalue weighted by Crippen LogP contribution is -2.25. The third-order valence-electron chi connectivity index (χ3n) is 2.84. The van der Waals surface area contributed by atoms with Crippen molar-refractivity contribution in [2.45, 2.75) is 6.92 Å². The van der Waals surface area contributed by atoms with E-state index in [0.29, 0.717) is 11.4 Å². The standard InChI is InChI=1S/C16H17N3O2/c1-12(13-7-6-10-15(11-13)21-2)18-19-16(20)17-14-8-4-3-5-9-14/h3-11H,1-2H3,(H2,17,19,20)/b18-12-. The van der Waals surface area contributed by atoms with Crippen molar-refractivity contribution in [1.29, 1.82) is 0 Å².